The number of aromatic nitrogens is 2. The number of carbonyl (C=O) groups is 2. The van der Waals surface area contributed by atoms with Crippen LogP contribution in [0.25, 0.3) is 11.0 Å². The van der Waals surface area contributed by atoms with E-state index in [2.05, 4.69) is 9.97 Å². The number of aryl methyl sites for hydroxylation is 1. The van der Waals surface area contributed by atoms with Crippen molar-refractivity contribution in [3.63, 3.8) is 0 Å². The second-order valence-electron chi connectivity index (χ2n) is 4.04. The van der Waals surface area contributed by atoms with Gasteiger partial charge in [0.15, 0.2) is 5.65 Å². The van der Waals surface area contributed by atoms with Crippen LogP contribution in [0.3, 0.4) is 0 Å². The zero-order valence-electron chi connectivity index (χ0n) is 10.5. The van der Waals surface area contributed by atoms with Crippen LogP contribution in [0, 0.1) is 6.92 Å². The third kappa shape index (κ3) is 2.07. The van der Waals surface area contributed by atoms with Crippen molar-refractivity contribution < 1.29 is 9.59 Å². The normalized spacial score (nSPS) is 10.4. The molecule has 5 nitrogen and oxygen atoms in total. The molecule has 0 aliphatic carbocycles. The maximum absolute atomic E-state index is 11.4. The zero-order valence-corrected chi connectivity index (χ0v) is 10.5. The molecule has 0 unspecified atom stereocenters. The Hall–Kier alpha value is -2.30. The first-order chi connectivity index (χ1) is 8.50. The number of imide groups is 1. The molecule has 2 heterocycles. The van der Waals surface area contributed by atoms with Crippen LogP contribution in [-0.2, 0) is 9.59 Å². The lowest BCUT2D eigenvalue weighted by molar-refractivity contribution is -0.124. The maximum atomic E-state index is 11.4. The predicted octanol–water partition coefficient (Wildman–Crippen LogP) is 1.84. The number of hydrogen-bond donors (Lipinski definition) is 0. The quantitative estimate of drug-likeness (QED) is 0.766. The zero-order chi connectivity index (χ0) is 13.3. The Morgan fingerprint density at radius 3 is 2.39 bits per heavy atom. The van der Waals surface area contributed by atoms with Crippen molar-refractivity contribution in [1.82, 2.24) is 9.97 Å². The third-order valence-electron chi connectivity index (χ3n) is 2.67. The SMILES string of the molecule is CC(=O)N(C(C)=O)c1ccc2c(C)ccnc2n1. The van der Waals surface area contributed by atoms with E-state index in [1.165, 1.54) is 13.8 Å². The summed E-state index contributed by atoms with van der Waals surface area (Å²) in [7, 11) is 0. The van der Waals surface area contributed by atoms with Gasteiger partial charge in [-0.3, -0.25) is 9.59 Å². The van der Waals surface area contributed by atoms with Crippen LogP contribution in [0.4, 0.5) is 5.82 Å². The van der Waals surface area contributed by atoms with Gasteiger partial charge in [-0.25, -0.2) is 14.9 Å². The summed E-state index contributed by atoms with van der Waals surface area (Å²) in [6.07, 6.45) is 1.65. The third-order valence-corrected chi connectivity index (χ3v) is 2.67. The molecule has 92 valence electrons. The Kier molecular flexibility index (Phi) is 3.06. The number of pyridine rings is 2. The molecule has 18 heavy (non-hydrogen) atoms. The lowest BCUT2D eigenvalue weighted by Crippen LogP contribution is -2.33. The molecule has 2 aromatic rings. The average Bonchev–Trinajstić information content (AvgIpc) is 2.28. The van der Waals surface area contributed by atoms with E-state index in [0.717, 1.165) is 15.8 Å². The van der Waals surface area contributed by atoms with Crippen molar-refractivity contribution in [2.75, 3.05) is 4.90 Å². The van der Waals surface area contributed by atoms with Gasteiger partial charge in [-0.1, -0.05) is 0 Å². The molecule has 0 N–H and O–H groups in total. The summed E-state index contributed by atoms with van der Waals surface area (Å²) in [5, 5.41) is 0.910. The maximum Gasteiger partial charge on any atom is 0.231 e. The highest BCUT2D eigenvalue weighted by Crippen LogP contribution is 2.19. The predicted molar refractivity (Wildman–Crippen MR) is 68.1 cm³/mol. The molecule has 2 amide bonds. The Labute approximate surface area is 104 Å². The van der Waals surface area contributed by atoms with Crippen molar-refractivity contribution >= 4 is 28.7 Å². The van der Waals surface area contributed by atoms with Crippen molar-refractivity contribution in [3.8, 4) is 0 Å². The summed E-state index contributed by atoms with van der Waals surface area (Å²) in [6, 6.07) is 5.36. The molecule has 0 aromatic carbocycles. The van der Waals surface area contributed by atoms with E-state index in [1.54, 1.807) is 12.3 Å². The number of hydrogen-bond acceptors (Lipinski definition) is 4. The van der Waals surface area contributed by atoms with E-state index in [1.807, 2.05) is 19.1 Å². The first kappa shape index (κ1) is 12.2. The van der Waals surface area contributed by atoms with Crippen LogP contribution in [0.15, 0.2) is 24.4 Å². The monoisotopic (exact) mass is 243 g/mol. The second-order valence-corrected chi connectivity index (χ2v) is 4.04. The lowest BCUT2D eigenvalue weighted by atomic mass is 10.2. The summed E-state index contributed by atoms with van der Waals surface area (Å²) in [4.78, 5) is 32.3. The number of anilines is 1. The summed E-state index contributed by atoms with van der Waals surface area (Å²) in [5.74, 6) is -0.412. The Morgan fingerprint density at radius 2 is 1.78 bits per heavy atom. The number of nitrogens with zero attached hydrogens (tertiary/aromatic N) is 3. The first-order valence-corrected chi connectivity index (χ1v) is 5.54. The smallest absolute Gasteiger partial charge is 0.231 e. The minimum absolute atomic E-state index is 0.306. The molecule has 0 aliphatic heterocycles. The molecule has 0 aliphatic rings. The van der Waals surface area contributed by atoms with E-state index >= 15 is 0 Å². The van der Waals surface area contributed by atoms with Gasteiger partial charge >= 0.3 is 0 Å². The van der Waals surface area contributed by atoms with Crippen LogP contribution in [0.5, 0.6) is 0 Å². The molecule has 0 spiro atoms. The molecule has 0 saturated carbocycles. The lowest BCUT2D eigenvalue weighted by Gasteiger charge is -2.16. The number of carbonyl (C=O) groups excluding carboxylic acids is 2. The Morgan fingerprint density at radius 1 is 1.11 bits per heavy atom. The van der Waals surface area contributed by atoms with Gasteiger partial charge in [0, 0.05) is 25.4 Å². The van der Waals surface area contributed by atoms with Gasteiger partial charge in [0.1, 0.15) is 5.82 Å². The highest BCUT2D eigenvalue weighted by atomic mass is 16.2. The van der Waals surface area contributed by atoms with Gasteiger partial charge in [0.25, 0.3) is 0 Å². The van der Waals surface area contributed by atoms with Gasteiger partial charge < -0.3 is 0 Å². The molecule has 0 fully saturated rings. The van der Waals surface area contributed by atoms with E-state index in [-0.39, 0.29) is 11.8 Å². The molecular weight excluding hydrogens is 230 g/mol. The summed E-state index contributed by atoms with van der Waals surface area (Å²) >= 11 is 0. The van der Waals surface area contributed by atoms with Gasteiger partial charge in [-0.15, -0.1) is 0 Å². The van der Waals surface area contributed by atoms with Crippen LogP contribution < -0.4 is 4.90 Å². The van der Waals surface area contributed by atoms with Crippen molar-refractivity contribution in [3.05, 3.63) is 30.0 Å². The van der Waals surface area contributed by atoms with Crippen molar-refractivity contribution in [2.45, 2.75) is 20.8 Å². The molecule has 5 heteroatoms. The van der Waals surface area contributed by atoms with Gasteiger partial charge in [0.2, 0.25) is 11.8 Å². The van der Waals surface area contributed by atoms with Gasteiger partial charge in [0.05, 0.1) is 0 Å². The van der Waals surface area contributed by atoms with E-state index in [0.29, 0.717) is 11.5 Å². The van der Waals surface area contributed by atoms with Crippen LogP contribution >= 0.6 is 0 Å². The Bertz CT molecular complexity index is 623. The van der Waals surface area contributed by atoms with Crippen LogP contribution in [0.2, 0.25) is 0 Å². The van der Waals surface area contributed by atoms with E-state index < -0.39 is 0 Å². The minimum atomic E-state index is -0.359. The summed E-state index contributed by atoms with van der Waals surface area (Å²) < 4.78 is 0. The van der Waals surface area contributed by atoms with Crippen LogP contribution in [0.1, 0.15) is 19.4 Å². The molecule has 0 atom stereocenters. The first-order valence-electron chi connectivity index (χ1n) is 5.54. The molecule has 0 bridgehead atoms. The molecular formula is C13H13N3O2. The topological polar surface area (TPSA) is 63.2 Å². The summed E-state index contributed by atoms with van der Waals surface area (Å²) in [6.45, 7) is 4.62. The number of rotatable bonds is 1. The molecule has 2 aromatic heterocycles. The fourth-order valence-electron chi connectivity index (χ4n) is 1.82. The molecule has 0 saturated heterocycles. The highest BCUT2D eigenvalue weighted by molar-refractivity contribution is 6.12. The van der Waals surface area contributed by atoms with Gasteiger partial charge in [-0.2, -0.15) is 0 Å². The average molecular weight is 243 g/mol. The molecule has 2 rings (SSSR count). The minimum Gasteiger partial charge on any atom is -0.274 e. The fourth-order valence-corrected chi connectivity index (χ4v) is 1.82. The van der Waals surface area contributed by atoms with Gasteiger partial charge in [-0.05, 0) is 30.7 Å². The number of fused-ring (bicyclic) bond motifs is 1. The van der Waals surface area contributed by atoms with Crippen molar-refractivity contribution in [1.29, 1.82) is 0 Å². The van der Waals surface area contributed by atoms with E-state index in [4.69, 9.17) is 0 Å². The Balaban J connectivity index is 2.59. The highest BCUT2D eigenvalue weighted by Gasteiger charge is 2.18. The van der Waals surface area contributed by atoms with Crippen molar-refractivity contribution in [2.24, 2.45) is 0 Å². The largest absolute Gasteiger partial charge is 0.274 e. The van der Waals surface area contributed by atoms with E-state index in [9.17, 15) is 9.59 Å². The summed E-state index contributed by atoms with van der Waals surface area (Å²) in [5.41, 5.74) is 1.58. The van der Waals surface area contributed by atoms with Crippen LogP contribution in [-0.4, -0.2) is 21.8 Å². The number of amides is 2. The standard InChI is InChI=1S/C13H13N3O2/c1-8-6-7-14-13-11(8)4-5-12(15-13)16(9(2)17)10(3)18/h4-7H,1-3H3. The molecule has 0 radical (unpaired) electrons. The second kappa shape index (κ2) is 4.52. The fraction of sp³-hybridized carbons (Fsp3) is 0.231.